The molecule has 0 heterocycles. The number of hydrogen-bond donors (Lipinski definition) is 1. The van der Waals surface area contributed by atoms with Gasteiger partial charge in [0.15, 0.2) is 0 Å². The van der Waals surface area contributed by atoms with E-state index in [0.717, 1.165) is 5.56 Å². The lowest BCUT2D eigenvalue weighted by Gasteiger charge is -2.36. The van der Waals surface area contributed by atoms with Crippen molar-refractivity contribution in [2.75, 3.05) is 6.61 Å². The first-order chi connectivity index (χ1) is 16.5. The summed E-state index contributed by atoms with van der Waals surface area (Å²) in [5.41, 5.74) is -1.79. The molecule has 0 aliphatic heterocycles. The molecule has 0 aliphatic rings. The molecule has 7 heteroatoms. The smallest absolute Gasteiger partial charge is 0.327 e. The molecule has 2 aromatic carbocycles. The number of carbonyl (C=O) groups is 3. The number of benzene rings is 2. The lowest BCUT2D eigenvalue weighted by atomic mass is 9.72. The van der Waals surface area contributed by atoms with E-state index in [0.29, 0.717) is 5.56 Å². The maximum absolute atomic E-state index is 13.5. The van der Waals surface area contributed by atoms with Gasteiger partial charge in [0.25, 0.3) is 0 Å². The SMILES string of the molecule is CC(C)C[C@@H](C(=O)OCc1ccccc1)C(CO)(C(=O)OCc1ccccc1)C(=O)OC(C)(C)C. The van der Waals surface area contributed by atoms with Crippen LogP contribution < -0.4 is 0 Å². The van der Waals surface area contributed by atoms with Crippen molar-refractivity contribution < 1.29 is 33.7 Å². The van der Waals surface area contributed by atoms with Crippen LogP contribution in [0.4, 0.5) is 0 Å². The van der Waals surface area contributed by atoms with Crippen molar-refractivity contribution in [3.8, 4) is 0 Å². The molecule has 0 bridgehead atoms. The van der Waals surface area contributed by atoms with Crippen LogP contribution in [0, 0.1) is 17.3 Å². The van der Waals surface area contributed by atoms with Crippen molar-refractivity contribution in [3.63, 3.8) is 0 Å². The zero-order valence-corrected chi connectivity index (χ0v) is 21.2. The van der Waals surface area contributed by atoms with Gasteiger partial charge in [-0.3, -0.25) is 14.4 Å². The Labute approximate surface area is 207 Å². The second-order valence-corrected chi connectivity index (χ2v) is 9.97. The van der Waals surface area contributed by atoms with Gasteiger partial charge in [0.1, 0.15) is 18.8 Å². The number of aliphatic hydroxyl groups excluding tert-OH is 1. The van der Waals surface area contributed by atoms with Gasteiger partial charge in [0.2, 0.25) is 5.41 Å². The van der Waals surface area contributed by atoms with Crippen molar-refractivity contribution in [2.24, 2.45) is 17.3 Å². The number of hydrogen-bond acceptors (Lipinski definition) is 7. The normalized spacial score (nSPS) is 14.0. The molecule has 190 valence electrons. The number of rotatable bonds is 11. The highest BCUT2D eigenvalue weighted by atomic mass is 16.6. The highest BCUT2D eigenvalue weighted by molar-refractivity contribution is 6.04. The number of aliphatic hydroxyl groups is 1. The quantitative estimate of drug-likeness (QED) is 0.286. The number of esters is 3. The van der Waals surface area contributed by atoms with Crippen molar-refractivity contribution in [1.82, 2.24) is 0 Å². The summed E-state index contributed by atoms with van der Waals surface area (Å²) >= 11 is 0. The molecule has 0 fully saturated rings. The molecular formula is C28H36O7. The summed E-state index contributed by atoms with van der Waals surface area (Å²) < 4.78 is 16.5. The van der Waals surface area contributed by atoms with Gasteiger partial charge in [-0.1, -0.05) is 74.5 Å². The zero-order valence-electron chi connectivity index (χ0n) is 21.2. The van der Waals surface area contributed by atoms with Crippen LogP contribution in [0.2, 0.25) is 0 Å². The zero-order chi connectivity index (χ0) is 26.1. The molecule has 0 aromatic heterocycles. The van der Waals surface area contributed by atoms with Gasteiger partial charge in [-0.25, -0.2) is 0 Å². The average Bonchev–Trinajstić information content (AvgIpc) is 2.81. The third-order valence-corrected chi connectivity index (χ3v) is 5.40. The van der Waals surface area contributed by atoms with Crippen LogP contribution in [0.3, 0.4) is 0 Å². The van der Waals surface area contributed by atoms with Crippen molar-refractivity contribution in [1.29, 1.82) is 0 Å². The standard InChI is InChI=1S/C28H36O7/c1-20(2)16-23(24(30)33-17-21-12-8-6-9-13-21)28(19-29,26(32)35-27(3,4)5)25(31)34-18-22-14-10-7-11-15-22/h6-15,20,23,29H,16-19H2,1-5H3/t23-,28?/m0/s1. The van der Waals surface area contributed by atoms with E-state index < -0.39 is 41.4 Å². The molecule has 0 radical (unpaired) electrons. The molecule has 0 saturated carbocycles. The van der Waals surface area contributed by atoms with E-state index in [1.54, 1.807) is 57.2 Å². The fourth-order valence-corrected chi connectivity index (χ4v) is 3.63. The van der Waals surface area contributed by atoms with E-state index in [1.807, 2.05) is 38.1 Å². The molecule has 0 spiro atoms. The van der Waals surface area contributed by atoms with Gasteiger partial charge in [-0.2, -0.15) is 0 Å². The average molecular weight is 485 g/mol. The predicted octanol–water partition coefficient (Wildman–Crippen LogP) is 4.46. The van der Waals surface area contributed by atoms with E-state index >= 15 is 0 Å². The Balaban J connectivity index is 2.43. The van der Waals surface area contributed by atoms with Gasteiger partial charge in [-0.15, -0.1) is 0 Å². The fraction of sp³-hybridized carbons (Fsp3) is 0.464. The fourth-order valence-electron chi connectivity index (χ4n) is 3.63. The molecule has 1 N–H and O–H groups in total. The van der Waals surface area contributed by atoms with Gasteiger partial charge in [-0.05, 0) is 44.2 Å². The van der Waals surface area contributed by atoms with Crippen LogP contribution >= 0.6 is 0 Å². The Kier molecular flexibility index (Phi) is 10.0. The van der Waals surface area contributed by atoms with Gasteiger partial charge < -0.3 is 19.3 Å². The lowest BCUT2D eigenvalue weighted by Crippen LogP contribution is -2.55. The van der Waals surface area contributed by atoms with Gasteiger partial charge in [0, 0.05) is 0 Å². The summed E-state index contributed by atoms with van der Waals surface area (Å²) in [6.45, 7) is 7.51. The summed E-state index contributed by atoms with van der Waals surface area (Å²) in [5.74, 6) is -4.23. The topological polar surface area (TPSA) is 99.1 Å². The van der Waals surface area contributed by atoms with Crippen LogP contribution in [-0.4, -0.2) is 35.2 Å². The van der Waals surface area contributed by atoms with Crippen LogP contribution in [-0.2, 0) is 41.8 Å². The molecule has 0 aliphatic carbocycles. The monoisotopic (exact) mass is 484 g/mol. The minimum Gasteiger partial charge on any atom is -0.461 e. The molecular weight excluding hydrogens is 448 g/mol. The van der Waals surface area contributed by atoms with E-state index in [2.05, 4.69) is 0 Å². The first-order valence-corrected chi connectivity index (χ1v) is 11.8. The third-order valence-electron chi connectivity index (χ3n) is 5.40. The number of ether oxygens (including phenoxy) is 3. The van der Waals surface area contributed by atoms with E-state index in [-0.39, 0.29) is 25.6 Å². The van der Waals surface area contributed by atoms with E-state index in [9.17, 15) is 19.5 Å². The summed E-state index contributed by atoms with van der Waals surface area (Å²) in [6, 6.07) is 18.0. The van der Waals surface area contributed by atoms with E-state index in [1.165, 1.54) is 0 Å². The van der Waals surface area contributed by atoms with Crippen LogP contribution in [0.5, 0.6) is 0 Å². The second kappa shape index (κ2) is 12.5. The van der Waals surface area contributed by atoms with Crippen LogP contribution in [0.1, 0.15) is 52.2 Å². The Morgan fingerprint density at radius 1 is 0.800 bits per heavy atom. The Morgan fingerprint density at radius 3 is 1.71 bits per heavy atom. The predicted molar refractivity (Wildman–Crippen MR) is 131 cm³/mol. The molecule has 2 aromatic rings. The second-order valence-electron chi connectivity index (χ2n) is 9.97. The molecule has 2 rings (SSSR count). The molecule has 0 saturated heterocycles. The first-order valence-electron chi connectivity index (χ1n) is 11.8. The summed E-state index contributed by atoms with van der Waals surface area (Å²) in [7, 11) is 0. The highest BCUT2D eigenvalue weighted by Gasteiger charge is 2.59. The van der Waals surface area contributed by atoms with Crippen molar-refractivity contribution >= 4 is 17.9 Å². The van der Waals surface area contributed by atoms with Gasteiger partial charge in [0.05, 0.1) is 12.5 Å². The summed E-state index contributed by atoms with van der Waals surface area (Å²) in [5, 5.41) is 10.5. The maximum atomic E-state index is 13.5. The lowest BCUT2D eigenvalue weighted by molar-refractivity contribution is -0.195. The van der Waals surface area contributed by atoms with Gasteiger partial charge >= 0.3 is 17.9 Å². The Hall–Kier alpha value is -3.19. The van der Waals surface area contributed by atoms with Crippen molar-refractivity contribution in [2.45, 2.75) is 59.9 Å². The van der Waals surface area contributed by atoms with Crippen molar-refractivity contribution in [3.05, 3.63) is 71.8 Å². The number of carbonyl (C=O) groups excluding carboxylic acids is 3. The van der Waals surface area contributed by atoms with E-state index in [4.69, 9.17) is 14.2 Å². The summed E-state index contributed by atoms with van der Waals surface area (Å²) in [6.07, 6.45) is 0.105. The molecule has 7 nitrogen and oxygen atoms in total. The molecule has 35 heavy (non-hydrogen) atoms. The molecule has 1 unspecified atom stereocenters. The maximum Gasteiger partial charge on any atom is 0.327 e. The minimum absolute atomic E-state index is 0.0385. The third kappa shape index (κ3) is 7.92. The minimum atomic E-state index is -2.28. The largest absolute Gasteiger partial charge is 0.461 e. The van der Waals surface area contributed by atoms with Crippen LogP contribution in [0.25, 0.3) is 0 Å². The molecule has 0 amide bonds. The summed E-state index contributed by atoms with van der Waals surface area (Å²) in [4.78, 5) is 40.3. The highest BCUT2D eigenvalue weighted by Crippen LogP contribution is 2.38. The first kappa shape index (κ1) is 28.1. The van der Waals surface area contributed by atoms with Crippen LogP contribution in [0.15, 0.2) is 60.7 Å². The molecule has 2 atom stereocenters. The Bertz CT molecular complexity index is 964. The Morgan fingerprint density at radius 2 is 1.29 bits per heavy atom.